The van der Waals surface area contributed by atoms with E-state index in [4.69, 9.17) is 17.5 Å². The topological polar surface area (TPSA) is 62.6 Å². The largest absolute Gasteiger partial charge is 0.417 e. The van der Waals surface area contributed by atoms with Crippen LogP contribution in [0.2, 0.25) is 0 Å². The summed E-state index contributed by atoms with van der Waals surface area (Å²) in [5.41, 5.74) is 0.408. The highest BCUT2D eigenvalue weighted by atomic mass is 35.5. The first kappa shape index (κ1) is 30.8. The summed E-state index contributed by atoms with van der Waals surface area (Å²) in [5, 5.41) is 12.6. The van der Waals surface area contributed by atoms with Gasteiger partial charge in [-0.05, 0) is 93.3 Å². The number of carbonyl (C=O) groups is 1. The van der Waals surface area contributed by atoms with E-state index in [9.17, 15) is 18.0 Å². The molecule has 2 aromatic carbocycles. The molecule has 1 N–H and O–H groups in total. The Hall–Kier alpha value is -2.71. The second-order valence-corrected chi connectivity index (χ2v) is 10.5. The second kappa shape index (κ2) is 12.2. The summed E-state index contributed by atoms with van der Waals surface area (Å²) in [6.07, 6.45) is -1.94. The summed E-state index contributed by atoms with van der Waals surface area (Å²) in [4.78, 5) is 18.8. The van der Waals surface area contributed by atoms with Gasteiger partial charge in [-0.25, -0.2) is 0 Å². The van der Waals surface area contributed by atoms with Crippen LogP contribution in [0.1, 0.15) is 49.4 Å². The second-order valence-electron chi connectivity index (χ2n) is 10.2. The van der Waals surface area contributed by atoms with Gasteiger partial charge in [0, 0.05) is 31.9 Å². The van der Waals surface area contributed by atoms with Crippen molar-refractivity contribution in [2.45, 2.75) is 51.7 Å². The molecular weight excluding hydrogens is 547 g/mol. The predicted octanol–water partition coefficient (Wildman–Crippen LogP) is 5.32. The standard InChI is InChI=1S/C28H32F3N5OS.ClH/c1-4-19-16-23(10-7-20(19)6-5-13-34-14-11-33-12-15-34)36-26(38)35(25(37)27(36,2)3)22-9-8-21(18-32)24(17-22)28(29,30)31;/h7-10,16-17,33H,4-6,11-15H2,1-3H3;1H. The number of nitrogens with one attached hydrogen (secondary N) is 1. The first-order chi connectivity index (χ1) is 18.0. The normalized spacial score (nSPS) is 17.8. The van der Waals surface area contributed by atoms with E-state index in [-0.39, 0.29) is 23.2 Å². The van der Waals surface area contributed by atoms with Crippen LogP contribution in [-0.4, -0.2) is 54.2 Å². The quantitative estimate of drug-likeness (QED) is 0.448. The molecule has 0 spiro atoms. The third kappa shape index (κ3) is 6.22. The van der Waals surface area contributed by atoms with Gasteiger partial charge in [-0.3, -0.25) is 9.69 Å². The van der Waals surface area contributed by atoms with Crippen LogP contribution in [0.4, 0.5) is 24.5 Å². The zero-order valence-corrected chi connectivity index (χ0v) is 23.9. The van der Waals surface area contributed by atoms with Gasteiger partial charge in [0.15, 0.2) is 5.11 Å². The molecule has 0 aromatic heterocycles. The average molecular weight is 580 g/mol. The molecule has 2 aromatic rings. The third-order valence-electron chi connectivity index (χ3n) is 7.31. The third-order valence-corrected chi connectivity index (χ3v) is 7.68. The number of nitriles is 1. The number of hydrogen-bond acceptors (Lipinski definition) is 5. The van der Waals surface area contributed by atoms with Crippen molar-refractivity contribution in [3.63, 3.8) is 0 Å². The molecule has 2 aliphatic rings. The molecule has 1 amide bonds. The van der Waals surface area contributed by atoms with Crippen LogP contribution in [0.15, 0.2) is 36.4 Å². The van der Waals surface area contributed by atoms with Crippen LogP contribution < -0.4 is 15.1 Å². The highest BCUT2D eigenvalue weighted by Gasteiger charge is 2.50. The van der Waals surface area contributed by atoms with Crippen molar-refractivity contribution in [1.29, 1.82) is 5.26 Å². The molecule has 0 atom stereocenters. The molecular formula is C28H33ClF3N5OS. The number of thiocarbonyl (C=S) groups is 1. The lowest BCUT2D eigenvalue weighted by Crippen LogP contribution is -2.44. The lowest BCUT2D eigenvalue weighted by Gasteiger charge is -2.30. The maximum atomic E-state index is 13.6. The molecule has 0 saturated carbocycles. The molecule has 0 radical (unpaired) electrons. The molecule has 11 heteroatoms. The summed E-state index contributed by atoms with van der Waals surface area (Å²) < 4.78 is 40.8. The Morgan fingerprint density at radius 1 is 1.08 bits per heavy atom. The number of amides is 1. The molecule has 2 saturated heterocycles. The maximum Gasteiger partial charge on any atom is 0.417 e. The minimum absolute atomic E-state index is 0. The fraction of sp³-hybridized carbons (Fsp3) is 0.464. The number of anilines is 2. The van der Waals surface area contributed by atoms with Crippen LogP contribution in [0.5, 0.6) is 0 Å². The maximum absolute atomic E-state index is 13.6. The number of halogens is 4. The highest BCUT2D eigenvalue weighted by Crippen LogP contribution is 2.40. The monoisotopic (exact) mass is 579 g/mol. The predicted molar refractivity (Wildman–Crippen MR) is 153 cm³/mol. The molecule has 0 unspecified atom stereocenters. The Balaban J connectivity index is 0.00000420. The van der Waals surface area contributed by atoms with E-state index < -0.39 is 28.7 Å². The summed E-state index contributed by atoms with van der Waals surface area (Å²) in [6.45, 7) is 10.7. The van der Waals surface area contributed by atoms with E-state index in [1.54, 1.807) is 24.8 Å². The average Bonchev–Trinajstić information content (AvgIpc) is 3.07. The van der Waals surface area contributed by atoms with Gasteiger partial charge in [0.1, 0.15) is 5.54 Å². The van der Waals surface area contributed by atoms with E-state index in [0.29, 0.717) is 0 Å². The Morgan fingerprint density at radius 2 is 1.74 bits per heavy atom. The molecule has 6 nitrogen and oxygen atoms in total. The smallest absolute Gasteiger partial charge is 0.314 e. The first-order valence-corrected chi connectivity index (χ1v) is 13.2. The number of benzene rings is 2. The molecule has 0 bridgehead atoms. The van der Waals surface area contributed by atoms with Crippen molar-refractivity contribution >= 4 is 47.0 Å². The Morgan fingerprint density at radius 3 is 2.36 bits per heavy atom. The molecule has 2 aliphatic heterocycles. The number of aryl methyl sites for hydroxylation is 2. The molecule has 2 heterocycles. The van der Waals surface area contributed by atoms with Crippen molar-refractivity contribution in [2.75, 3.05) is 42.5 Å². The number of alkyl halides is 3. The number of carbonyl (C=O) groups excluding carboxylic acids is 1. The Labute approximate surface area is 239 Å². The fourth-order valence-electron chi connectivity index (χ4n) is 5.21. The van der Waals surface area contributed by atoms with E-state index >= 15 is 0 Å². The molecule has 2 fully saturated rings. The van der Waals surface area contributed by atoms with E-state index in [1.807, 2.05) is 12.1 Å². The Kier molecular flexibility index (Phi) is 9.65. The van der Waals surface area contributed by atoms with Crippen LogP contribution in [0, 0.1) is 11.3 Å². The van der Waals surface area contributed by atoms with Crippen molar-refractivity contribution < 1.29 is 18.0 Å². The van der Waals surface area contributed by atoms with Gasteiger partial charge in [0.25, 0.3) is 5.91 Å². The lowest BCUT2D eigenvalue weighted by atomic mass is 9.97. The van der Waals surface area contributed by atoms with Gasteiger partial charge in [-0.1, -0.05) is 13.0 Å². The van der Waals surface area contributed by atoms with Crippen molar-refractivity contribution in [3.05, 3.63) is 58.7 Å². The highest BCUT2D eigenvalue weighted by molar-refractivity contribution is 7.81. The number of piperazine rings is 1. The SMILES string of the molecule is CCc1cc(N2C(=S)N(c3ccc(C#N)c(C(F)(F)F)c3)C(=O)C2(C)C)ccc1CCCN1CCNCC1.Cl. The van der Waals surface area contributed by atoms with Gasteiger partial charge in [0.05, 0.1) is 22.9 Å². The number of nitrogens with zero attached hydrogens (tertiary/aromatic N) is 4. The zero-order valence-electron chi connectivity index (χ0n) is 22.3. The van der Waals surface area contributed by atoms with Crippen LogP contribution in [0.3, 0.4) is 0 Å². The fourth-order valence-corrected chi connectivity index (χ4v) is 5.73. The summed E-state index contributed by atoms with van der Waals surface area (Å²) in [6, 6.07) is 10.8. The van der Waals surface area contributed by atoms with Crippen LogP contribution in [0.25, 0.3) is 0 Å². The van der Waals surface area contributed by atoms with E-state index in [1.165, 1.54) is 11.6 Å². The van der Waals surface area contributed by atoms with Crippen molar-refractivity contribution in [3.8, 4) is 6.07 Å². The zero-order chi connectivity index (χ0) is 27.7. The number of hydrogen-bond donors (Lipinski definition) is 1. The molecule has 210 valence electrons. The summed E-state index contributed by atoms with van der Waals surface area (Å²) in [7, 11) is 0. The van der Waals surface area contributed by atoms with Gasteiger partial charge in [-0.2, -0.15) is 18.4 Å². The van der Waals surface area contributed by atoms with Crippen molar-refractivity contribution in [1.82, 2.24) is 10.2 Å². The lowest BCUT2D eigenvalue weighted by molar-refractivity contribution is -0.137. The minimum atomic E-state index is -4.74. The molecule has 39 heavy (non-hydrogen) atoms. The summed E-state index contributed by atoms with van der Waals surface area (Å²) in [5.74, 6) is -0.432. The van der Waals surface area contributed by atoms with Crippen molar-refractivity contribution in [2.24, 2.45) is 0 Å². The number of rotatable bonds is 7. The minimum Gasteiger partial charge on any atom is -0.314 e. The molecule has 0 aliphatic carbocycles. The van der Waals surface area contributed by atoms with E-state index in [0.717, 1.165) is 80.3 Å². The summed E-state index contributed by atoms with van der Waals surface area (Å²) >= 11 is 5.68. The molecule has 4 rings (SSSR count). The first-order valence-electron chi connectivity index (χ1n) is 12.8. The van der Waals surface area contributed by atoms with Crippen LogP contribution >= 0.6 is 24.6 Å². The Bertz CT molecular complexity index is 1270. The van der Waals surface area contributed by atoms with Gasteiger partial charge >= 0.3 is 6.18 Å². The van der Waals surface area contributed by atoms with Crippen LogP contribution in [-0.2, 0) is 23.8 Å². The van der Waals surface area contributed by atoms with Gasteiger partial charge in [0.2, 0.25) is 0 Å². The van der Waals surface area contributed by atoms with Gasteiger partial charge < -0.3 is 15.1 Å². The van der Waals surface area contributed by atoms with Gasteiger partial charge in [-0.15, -0.1) is 12.4 Å². The van der Waals surface area contributed by atoms with E-state index in [2.05, 4.69) is 23.2 Å².